The largest absolute Gasteiger partial charge is 0.457 e. The third-order valence-electron chi connectivity index (χ3n) is 6.04. The highest BCUT2D eigenvalue weighted by atomic mass is 35.5. The number of benzene rings is 4. The molecule has 0 saturated heterocycles. The Bertz CT molecular complexity index is 1530. The summed E-state index contributed by atoms with van der Waals surface area (Å²) in [6, 6.07) is 19.3. The minimum absolute atomic E-state index is 0.208. The van der Waals surface area contributed by atoms with Gasteiger partial charge in [0.1, 0.15) is 23.0 Å². The molecule has 0 aromatic heterocycles. The van der Waals surface area contributed by atoms with Gasteiger partial charge in [0.25, 0.3) is 10.5 Å². The average molecular weight is 583 g/mol. The maximum absolute atomic E-state index is 13.9. The van der Waals surface area contributed by atoms with E-state index in [1.165, 1.54) is 0 Å². The van der Waals surface area contributed by atoms with Crippen LogP contribution in [0.15, 0.2) is 82.6 Å². The lowest BCUT2D eigenvalue weighted by Gasteiger charge is -2.18. The van der Waals surface area contributed by atoms with E-state index in [2.05, 4.69) is 0 Å². The molecule has 0 atom stereocenters. The first-order valence-electron chi connectivity index (χ1n) is 11.8. The van der Waals surface area contributed by atoms with Crippen molar-refractivity contribution in [3.8, 4) is 23.0 Å². The van der Waals surface area contributed by atoms with E-state index in [0.717, 1.165) is 0 Å². The van der Waals surface area contributed by atoms with Crippen molar-refractivity contribution in [3.63, 3.8) is 0 Å². The van der Waals surface area contributed by atoms with Crippen LogP contribution in [0.25, 0.3) is 0 Å². The number of aryl methyl sites for hydroxylation is 4. The van der Waals surface area contributed by atoms with Crippen molar-refractivity contribution >= 4 is 43.5 Å². The number of hydrogen-bond donors (Lipinski definition) is 0. The first-order chi connectivity index (χ1) is 18.4. The summed E-state index contributed by atoms with van der Waals surface area (Å²) < 4.78 is 39.6. The lowest BCUT2D eigenvalue weighted by Crippen LogP contribution is -2.10. The molecule has 200 valence electrons. The summed E-state index contributed by atoms with van der Waals surface area (Å²) in [5.74, 6) is 1.90. The molecule has 0 fully saturated rings. The fourth-order valence-corrected chi connectivity index (χ4v) is 6.86. The molecule has 6 nitrogen and oxygen atoms in total. The third-order valence-corrected chi connectivity index (χ3v) is 8.84. The molecule has 0 amide bonds. The molecule has 0 aliphatic heterocycles. The highest BCUT2D eigenvalue weighted by molar-refractivity contribution is 7.91. The first kappa shape index (κ1) is 28.4. The summed E-state index contributed by atoms with van der Waals surface area (Å²) >= 11 is 11.0. The Morgan fingerprint density at radius 2 is 0.821 bits per heavy atom. The zero-order chi connectivity index (χ0) is 28.5. The van der Waals surface area contributed by atoms with Crippen LogP contribution in [-0.4, -0.2) is 18.9 Å². The Morgan fingerprint density at radius 1 is 0.538 bits per heavy atom. The topological polar surface area (TPSA) is 86.7 Å². The van der Waals surface area contributed by atoms with Gasteiger partial charge in [-0.2, -0.15) is 0 Å². The van der Waals surface area contributed by atoms with Crippen LogP contribution in [0.2, 0.25) is 0 Å². The van der Waals surface area contributed by atoms with Gasteiger partial charge in [-0.1, -0.05) is 0 Å². The number of hydrogen-bond acceptors (Lipinski definition) is 6. The molecule has 39 heavy (non-hydrogen) atoms. The van der Waals surface area contributed by atoms with Crippen molar-refractivity contribution in [2.24, 2.45) is 0 Å². The van der Waals surface area contributed by atoms with E-state index in [0.29, 0.717) is 56.4 Å². The summed E-state index contributed by atoms with van der Waals surface area (Å²) in [6.07, 6.45) is 0. The normalized spacial score (nSPS) is 11.2. The Balaban J connectivity index is 1.63. The molecule has 0 unspecified atom stereocenters. The van der Waals surface area contributed by atoms with Gasteiger partial charge in [0.15, 0.2) is 0 Å². The van der Waals surface area contributed by atoms with Gasteiger partial charge in [0.05, 0.1) is 9.79 Å². The van der Waals surface area contributed by atoms with Crippen molar-refractivity contribution in [2.45, 2.75) is 37.5 Å². The maximum Gasteiger partial charge on any atom is 0.252 e. The van der Waals surface area contributed by atoms with Crippen LogP contribution in [0.4, 0.5) is 0 Å². The van der Waals surface area contributed by atoms with E-state index in [1.54, 1.807) is 100 Å². The first-order valence-corrected chi connectivity index (χ1v) is 14.0. The van der Waals surface area contributed by atoms with Crippen molar-refractivity contribution in [2.75, 3.05) is 0 Å². The van der Waals surface area contributed by atoms with Gasteiger partial charge >= 0.3 is 0 Å². The lowest BCUT2D eigenvalue weighted by atomic mass is 10.1. The molecule has 0 spiro atoms. The van der Waals surface area contributed by atoms with Crippen LogP contribution in [0, 0.1) is 27.7 Å². The summed E-state index contributed by atoms with van der Waals surface area (Å²) in [5, 5.41) is -1.13. The summed E-state index contributed by atoms with van der Waals surface area (Å²) in [5.41, 5.74) is 2.83. The van der Waals surface area contributed by atoms with E-state index in [9.17, 15) is 18.0 Å². The van der Waals surface area contributed by atoms with Crippen LogP contribution in [0.1, 0.15) is 43.0 Å². The number of halogens is 2. The molecule has 0 heterocycles. The summed E-state index contributed by atoms with van der Waals surface area (Å²) in [6.45, 7) is 6.89. The van der Waals surface area contributed by atoms with Crippen molar-refractivity contribution in [1.29, 1.82) is 0 Å². The van der Waals surface area contributed by atoms with Crippen molar-refractivity contribution in [3.05, 3.63) is 106 Å². The predicted octanol–water partition coefficient (Wildman–Crippen LogP) is 8.10. The molecule has 4 rings (SSSR count). The molecule has 0 saturated carbocycles. The van der Waals surface area contributed by atoms with Gasteiger partial charge in [-0.25, -0.2) is 8.42 Å². The van der Waals surface area contributed by atoms with Crippen LogP contribution in [0.3, 0.4) is 0 Å². The van der Waals surface area contributed by atoms with E-state index < -0.39 is 20.3 Å². The number of ether oxygens (including phenoxy) is 2. The fraction of sp³-hybridized carbons (Fsp3) is 0.133. The smallest absolute Gasteiger partial charge is 0.252 e. The molecule has 9 heteroatoms. The molecule has 0 aliphatic carbocycles. The maximum atomic E-state index is 13.9. The monoisotopic (exact) mass is 582 g/mol. The van der Waals surface area contributed by atoms with Gasteiger partial charge in [0, 0.05) is 11.1 Å². The molecular weight excluding hydrogens is 559 g/mol. The SMILES string of the molecule is Cc1cc(Oc2ccc(C(=O)Cl)cc2)cc(C)c1S(=O)(=O)c1c(C)cc(Oc2ccc(C(=O)Cl)cc2)cc1C. The third kappa shape index (κ3) is 6.17. The zero-order valence-electron chi connectivity index (χ0n) is 21.5. The Labute approximate surface area is 237 Å². The van der Waals surface area contributed by atoms with Crippen LogP contribution < -0.4 is 9.47 Å². The van der Waals surface area contributed by atoms with Gasteiger partial charge in [-0.3, -0.25) is 9.59 Å². The molecule has 0 aliphatic rings. The number of carbonyl (C=O) groups is 2. The molecule has 0 radical (unpaired) electrons. The van der Waals surface area contributed by atoms with Gasteiger partial charge in [-0.15, -0.1) is 0 Å². The second kappa shape index (κ2) is 11.2. The Hall–Kier alpha value is -3.65. The molecule has 0 bridgehead atoms. The van der Waals surface area contributed by atoms with Gasteiger partial charge in [0.2, 0.25) is 9.84 Å². The number of rotatable bonds is 8. The van der Waals surface area contributed by atoms with Crippen LogP contribution in [-0.2, 0) is 9.84 Å². The quantitative estimate of drug-likeness (QED) is 0.195. The minimum Gasteiger partial charge on any atom is -0.457 e. The van der Waals surface area contributed by atoms with E-state index in [-0.39, 0.29) is 9.79 Å². The second-order valence-corrected chi connectivity index (χ2v) is 11.6. The predicted molar refractivity (Wildman–Crippen MR) is 151 cm³/mol. The van der Waals surface area contributed by atoms with E-state index in [1.807, 2.05) is 0 Å². The zero-order valence-corrected chi connectivity index (χ0v) is 23.9. The number of carbonyl (C=O) groups excluding carboxylic acids is 2. The highest BCUT2D eigenvalue weighted by Crippen LogP contribution is 2.37. The summed E-state index contributed by atoms with van der Waals surface area (Å²) in [4.78, 5) is 23.0. The van der Waals surface area contributed by atoms with Gasteiger partial charge < -0.3 is 9.47 Å². The summed E-state index contributed by atoms with van der Waals surface area (Å²) in [7, 11) is -3.89. The second-order valence-electron chi connectivity index (χ2n) is 9.08. The fourth-order valence-electron chi connectivity index (χ4n) is 4.47. The van der Waals surface area contributed by atoms with E-state index in [4.69, 9.17) is 32.7 Å². The minimum atomic E-state index is -3.89. The van der Waals surface area contributed by atoms with Crippen molar-refractivity contribution in [1.82, 2.24) is 0 Å². The lowest BCUT2D eigenvalue weighted by molar-refractivity contribution is 0.107. The van der Waals surface area contributed by atoms with E-state index >= 15 is 0 Å². The average Bonchev–Trinajstić information content (AvgIpc) is 2.83. The van der Waals surface area contributed by atoms with Crippen molar-refractivity contribution < 1.29 is 27.5 Å². The molecule has 4 aromatic rings. The van der Waals surface area contributed by atoms with Crippen LogP contribution >= 0.6 is 23.2 Å². The Morgan fingerprint density at radius 3 is 1.08 bits per heavy atom. The van der Waals surface area contributed by atoms with Crippen LogP contribution in [0.5, 0.6) is 23.0 Å². The Kier molecular flexibility index (Phi) is 8.16. The number of sulfone groups is 1. The standard InChI is InChI=1S/C30H24Cl2O6S/c1-17-13-25(37-23-9-5-21(6-10-23)29(31)33)14-18(2)27(17)39(35,36)28-19(3)15-26(16-20(28)4)38-24-11-7-22(8-12-24)30(32)34/h5-16H,1-4H3. The molecular formula is C30H24Cl2O6S. The van der Waals surface area contributed by atoms with Gasteiger partial charge in [-0.05, 0) is 146 Å². The molecule has 0 N–H and O–H groups in total. The highest BCUT2D eigenvalue weighted by Gasteiger charge is 2.27. The molecule has 4 aromatic carbocycles.